The lowest BCUT2D eigenvalue weighted by atomic mass is 9.98. The largest absolute Gasteiger partial charge is 0.299 e. The number of halogens is 1. The molecule has 82 valence electrons. The Morgan fingerprint density at radius 3 is 2.80 bits per heavy atom. The lowest BCUT2D eigenvalue weighted by Crippen LogP contribution is -2.07. The fourth-order valence-electron chi connectivity index (χ4n) is 1.48. The number of benzene rings is 1. The molecule has 15 heavy (non-hydrogen) atoms. The molecular formula is C13H17FO. The van der Waals surface area contributed by atoms with E-state index in [-0.39, 0.29) is 11.6 Å². The molecule has 0 aliphatic rings. The van der Waals surface area contributed by atoms with Gasteiger partial charge in [-0.2, -0.15) is 0 Å². The van der Waals surface area contributed by atoms with E-state index in [4.69, 9.17) is 0 Å². The van der Waals surface area contributed by atoms with Crippen LogP contribution in [0.15, 0.2) is 24.3 Å². The van der Waals surface area contributed by atoms with Gasteiger partial charge in [-0.15, -0.1) is 0 Å². The Bertz CT molecular complexity index is 333. The number of ketones is 1. The molecule has 2 heteroatoms. The molecule has 0 fully saturated rings. The molecule has 1 nitrogen and oxygen atoms in total. The minimum absolute atomic E-state index is 0.190. The zero-order valence-electron chi connectivity index (χ0n) is 9.29. The third-order valence-corrected chi connectivity index (χ3v) is 2.56. The van der Waals surface area contributed by atoms with Crippen LogP contribution in [0.2, 0.25) is 0 Å². The van der Waals surface area contributed by atoms with Crippen LogP contribution in [0, 0.1) is 11.7 Å². The van der Waals surface area contributed by atoms with E-state index in [1.54, 1.807) is 12.1 Å². The maximum absolute atomic E-state index is 12.8. The molecule has 0 spiro atoms. The summed E-state index contributed by atoms with van der Waals surface area (Å²) in [5, 5.41) is 0. The third-order valence-electron chi connectivity index (χ3n) is 2.56. The van der Waals surface area contributed by atoms with E-state index < -0.39 is 0 Å². The van der Waals surface area contributed by atoms with Crippen LogP contribution in [0.5, 0.6) is 0 Å². The molecule has 1 aromatic carbocycles. The molecule has 0 aliphatic heterocycles. The number of carbonyl (C=O) groups excluding carboxylic acids is 1. The number of rotatable bonds is 5. The van der Waals surface area contributed by atoms with Gasteiger partial charge in [-0.3, -0.25) is 4.79 Å². The summed E-state index contributed by atoms with van der Waals surface area (Å²) in [6.07, 6.45) is 1.95. The van der Waals surface area contributed by atoms with Gasteiger partial charge in [0.1, 0.15) is 11.6 Å². The van der Waals surface area contributed by atoms with Gasteiger partial charge in [0.2, 0.25) is 0 Å². The van der Waals surface area contributed by atoms with E-state index in [9.17, 15) is 9.18 Å². The normalized spacial score (nSPS) is 12.5. The van der Waals surface area contributed by atoms with Crippen molar-refractivity contribution in [3.05, 3.63) is 35.6 Å². The lowest BCUT2D eigenvalue weighted by molar-refractivity contribution is -0.119. The van der Waals surface area contributed by atoms with Gasteiger partial charge in [0.05, 0.1) is 0 Å². The van der Waals surface area contributed by atoms with Crippen LogP contribution >= 0.6 is 0 Å². The Morgan fingerprint density at radius 1 is 1.47 bits per heavy atom. The second-order valence-electron chi connectivity index (χ2n) is 4.06. The van der Waals surface area contributed by atoms with E-state index in [2.05, 4.69) is 13.8 Å². The Morgan fingerprint density at radius 2 is 2.20 bits per heavy atom. The van der Waals surface area contributed by atoms with E-state index in [1.807, 2.05) is 0 Å². The standard InChI is InChI=1S/C13H17FO/c1-3-10(2)7-13(15)9-11-5-4-6-12(14)8-11/h4-6,8,10H,3,7,9H2,1-2H3. The average Bonchev–Trinajstić information content (AvgIpc) is 2.17. The quantitative estimate of drug-likeness (QED) is 0.725. The molecule has 0 heterocycles. The smallest absolute Gasteiger partial charge is 0.137 e. The summed E-state index contributed by atoms with van der Waals surface area (Å²) >= 11 is 0. The topological polar surface area (TPSA) is 17.1 Å². The second kappa shape index (κ2) is 5.64. The van der Waals surface area contributed by atoms with Crippen LogP contribution < -0.4 is 0 Å². The van der Waals surface area contributed by atoms with Crippen molar-refractivity contribution in [1.29, 1.82) is 0 Å². The molecule has 0 saturated heterocycles. The van der Waals surface area contributed by atoms with E-state index >= 15 is 0 Å². The van der Waals surface area contributed by atoms with Gasteiger partial charge in [-0.05, 0) is 23.6 Å². The van der Waals surface area contributed by atoms with Crippen molar-refractivity contribution in [3.63, 3.8) is 0 Å². The highest BCUT2D eigenvalue weighted by molar-refractivity contribution is 5.81. The number of hydrogen-bond donors (Lipinski definition) is 0. The van der Waals surface area contributed by atoms with E-state index in [0.717, 1.165) is 12.0 Å². The Balaban J connectivity index is 2.51. The van der Waals surface area contributed by atoms with Crippen molar-refractivity contribution in [2.75, 3.05) is 0 Å². The summed E-state index contributed by atoms with van der Waals surface area (Å²) < 4.78 is 12.8. The molecule has 1 atom stereocenters. The summed E-state index contributed by atoms with van der Waals surface area (Å²) in [7, 11) is 0. The van der Waals surface area contributed by atoms with Crippen molar-refractivity contribution in [1.82, 2.24) is 0 Å². The van der Waals surface area contributed by atoms with Gasteiger partial charge in [-0.1, -0.05) is 32.4 Å². The van der Waals surface area contributed by atoms with Crippen molar-refractivity contribution in [2.45, 2.75) is 33.1 Å². The Hall–Kier alpha value is -1.18. The molecule has 1 rings (SSSR count). The van der Waals surface area contributed by atoms with Crippen molar-refractivity contribution >= 4 is 5.78 Å². The monoisotopic (exact) mass is 208 g/mol. The molecule has 0 aromatic heterocycles. The fraction of sp³-hybridized carbons (Fsp3) is 0.462. The minimum atomic E-state index is -0.274. The van der Waals surface area contributed by atoms with Crippen molar-refractivity contribution < 1.29 is 9.18 Å². The first kappa shape index (κ1) is 11.9. The van der Waals surface area contributed by atoms with Crippen LogP contribution in [-0.4, -0.2) is 5.78 Å². The highest BCUT2D eigenvalue weighted by Gasteiger charge is 2.08. The zero-order valence-corrected chi connectivity index (χ0v) is 9.29. The van der Waals surface area contributed by atoms with Crippen LogP contribution in [-0.2, 0) is 11.2 Å². The van der Waals surface area contributed by atoms with Gasteiger partial charge in [-0.25, -0.2) is 4.39 Å². The fourth-order valence-corrected chi connectivity index (χ4v) is 1.48. The summed E-state index contributed by atoms with van der Waals surface area (Å²) in [5.74, 6) is 0.338. The molecule has 0 N–H and O–H groups in total. The highest BCUT2D eigenvalue weighted by atomic mass is 19.1. The Kier molecular flexibility index (Phi) is 4.47. The second-order valence-corrected chi connectivity index (χ2v) is 4.06. The first-order valence-electron chi connectivity index (χ1n) is 5.38. The van der Waals surface area contributed by atoms with E-state index in [1.165, 1.54) is 12.1 Å². The van der Waals surface area contributed by atoms with E-state index in [0.29, 0.717) is 18.8 Å². The first-order chi connectivity index (χ1) is 7.11. The van der Waals surface area contributed by atoms with Gasteiger partial charge in [0.25, 0.3) is 0 Å². The minimum Gasteiger partial charge on any atom is -0.299 e. The average molecular weight is 208 g/mol. The van der Waals surface area contributed by atoms with Crippen LogP contribution in [0.3, 0.4) is 0 Å². The SMILES string of the molecule is CCC(C)CC(=O)Cc1cccc(F)c1. The predicted molar refractivity (Wildman–Crippen MR) is 59.2 cm³/mol. The zero-order chi connectivity index (χ0) is 11.3. The summed E-state index contributed by atoms with van der Waals surface area (Å²) in [6, 6.07) is 6.25. The maximum Gasteiger partial charge on any atom is 0.137 e. The molecule has 1 unspecified atom stereocenters. The Labute approximate surface area is 90.3 Å². The predicted octanol–water partition coefficient (Wildman–Crippen LogP) is 3.37. The van der Waals surface area contributed by atoms with Gasteiger partial charge >= 0.3 is 0 Å². The molecule has 0 saturated carbocycles. The van der Waals surface area contributed by atoms with Gasteiger partial charge in [0, 0.05) is 12.8 Å². The number of carbonyl (C=O) groups is 1. The van der Waals surface area contributed by atoms with Crippen LogP contribution in [0.4, 0.5) is 4.39 Å². The maximum atomic E-state index is 12.8. The van der Waals surface area contributed by atoms with Crippen LogP contribution in [0.1, 0.15) is 32.3 Å². The summed E-state index contributed by atoms with van der Waals surface area (Å²) in [5.41, 5.74) is 0.767. The van der Waals surface area contributed by atoms with Crippen LogP contribution in [0.25, 0.3) is 0 Å². The summed E-state index contributed by atoms with van der Waals surface area (Å²) in [4.78, 5) is 11.6. The van der Waals surface area contributed by atoms with Crippen molar-refractivity contribution in [2.24, 2.45) is 5.92 Å². The van der Waals surface area contributed by atoms with Gasteiger partial charge in [0.15, 0.2) is 0 Å². The van der Waals surface area contributed by atoms with Crippen molar-refractivity contribution in [3.8, 4) is 0 Å². The van der Waals surface area contributed by atoms with Gasteiger partial charge < -0.3 is 0 Å². The molecular weight excluding hydrogens is 191 g/mol. The molecule has 0 radical (unpaired) electrons. The number of hydrogen-bond acceptors (Lipinski definition) is 1. The molecule has 0 amide bonds. The molecule has 1 aromatic rings. The third kappa shape index (κ3) is 4.24. The highest BCUT2D eigenvalue weighted by Crippen LogP contribution is 2.11. The molecule has 0 aliphatic carbocycles. The number of Topliss-reactive ketones (excluding diaryl/α,β-unsaturated/α-hetero) is 1. The first-order valence-corrected chi connectivity index (χ1v) is 5.38. The summed E-state index contributed by atoms with van der Waals surface area (Å²) in [6.45, 7) is 4.13. The molecule has 0 bridgehead atoms. The lowest BCUT2D eigenvalue weighted by Gasteiger charge is -2.06.